The summed E-state index contributed by atoms with van der Waals surface area (Å²) < 4.78 is 5.59. The second kappa shape index (κ2) is 17.9. The van der Waals surface area contributed by atoms with E-state index in [1.54, 1.807) is 13.0 Å². The molecule has 1 atom stereocenters. The van der Waals surface area contributed by atoms with Crippen molar-refractivity contribution >= 4 is 35.4 Å². The number of benzene rings is 1. The standard InChI is InChI=1S/C31H43N6O8/c1-3-26(38)32-15-8-16-35-17-19-36(20-18-35)29(41)11-5-4-6-14-33-28(40)21-45-25-10-7-9-23(22(25)2)31(43)37(44)24-12-13-27(39)34-30(24)42/h3,7,9-10,24H,1,4-6,8,11-21H2,2H3,(H,32,38)(H,33,40)(H,34,39,42)/q-1. The number of piperidine rings is 1. The Morgan fingerprint density at radius 3 is 2.51 bits per heavy atom. The molecular weight excluding hydrogens is 584 g/mol. The zero-order valence-corrected chi connectivity index (χ0v) is 25.8. The molecule has 6 amide bonds. The van der Waals surface area contributed by atoms with Crippen molar-refractivity contribution in [3.8, 4) is 5.75 Å². The molecule has 14 heteroatoms. The van der Waals surface area contributed by atoms with Crippen LogP contribution in [0.3, 0.4) is 0 Å². The number of hydrogen-bond acceptors (Lipinski definition) is 9. The summed E-state index contributed by atoms with van der Waals surface area (Å²) >= 11 is 0. The molecule has 3 rings (SSSR count). The van der Waals surface area contributed by atoms with Gasteiger partial charge in [-0.15, -0.1) is 0 Å². The third-order valence-corrected chi connectivity index (χ3v) is 7.82. The first kappa shape index (κ1) is 35.2. The van der Waals surface area contributed by atoms with Crippen LogP contribution in [0.15, 0.2) is 30.9 Å². The number of ether oxygens (including phenoxy) is 1. The fraction of sp³-hybridized carbons (Fsp3) is 0.548. The summed E-state index contributed by atoms with van der Waals surface area (Å²) in [6, 6.07) is 3.23. The summed E-state index contributed by atoms with van der Waals surface area (Å²) in [5.74, 6) is -2.35. The summed E-state index contributed by atoms with van der Waals surface area (Å²) in [6.07, 6.45) is 4.70. The molecule has 2 saturated heterocycles. The Labute approximate surface area is 263 Å². The van der Waals surface area contributed by atoms with E-state index in [2.05, 4.69) is 27.4 Å². The molecule has 0 bridgehead atoms. The first-order chi connectivity index (χ1) is 21.6. The quantitative estimate of drug-likeness (QED) is 0.103. The van der Waals surface area contributed by atoms with Crippen LogP contribution < -0.4 is 20.7 Å². The summed E-state index contributed by atoms with van der Waals surface area (Å²) in [5.41, 5.74) is 0.388. The number of carbonyl (C=O) groups excluding carboxylic acids is 6. The largest absolute Gasteiger partial charge is 0.755 e. The van der Waals surface area contributed by atoms with Crippen LogP contribution in [0, 0.1) is 12.1 Å². The maximum absolute atomic E-state index is 12.8. The van der Waals surface area contributed by atoms with Crippen molar-refractivity contribution < 1.29 is 33.5 Å². The first-order valence-corrected chi connectivity index (χ1v) is 15.3. The van der Waals surface area contributed by atoms with E-state index in [0.29, 0.717) is 44.6 Å². The molecule has 2 fully saturated rings. The SMILES string of the molecule is C=CC(=O)NCCCN1CCN(C(=O)CCCCCNC(=O)COc2cccc(C(=O)N([O-])C3CCC(=O)NC3=O)c2C)CC1. The van der Waals surface area contributed by atoms with Crippen molar-refractivity contribution in [2.45, 2.75) is 57.9 Å². The monoisotopic (exact) mass is 627 g/mol. The van der Waals surface area contributed by atoms with E-state index in [1.807, 2.05) is 4.90 Å². The molecule has 2 heterocycles. The molecule has 0 saturated carbocycles. The average Bonchev–Trinajstić information content (AvgIpc) is 3.03. The van der Waals surface area contributed by atoms with E-state index < -0.39 is 23.8 Å². The van der Waals surface area contributed by atoms with Gasteiger partial charge in [-0.2, -0.15) is 0 Å². The lowest BCUT2D eigenvalue weighted by Crippen LogP contribution is -2.52. The predicted octanol–water partition coefficient (Wildman–Crippen LogP) is 0.632. The Hall–Kier alpha value is -4.30. The molecule has 0 aliphatic carbocycles. The van der Waals surface area contributed by atoms with Crippen molar-refractivity contribution in [3.63, 3.8) is 0 Å². The first-order valence-electron chi connectivity index (χ1n) is 15.3. The minimum absolute atomic E-state index is 0.0296. The summed E-state index contributed by atoms with van der Waals surface area (Å²) in [5, 5.41) is 20.3. The molecule has 0 aromatic heterocycles. The molecular formula is C31H43N6O8-. The summed E-state index contributed by atoms with van der Waals surface area (Å²) in [6.45, 7) is 9.63. The van der Waals surface area contributed by atoms with E-state index >= 15 is 0 Å². The Balaban J connectivity index is 1.28. The third kappa shape index (κ3) is 11.0. The number of piperazine rings is 1. The molecule has 246 valence electrons. The van der Waals surface area contributed by atoms with Gasteiger partial charge in [0.05, 0.1) is 0 Å². The number of imide groups is 1. The van der Waals surface area contributed by atoms with Crippen LogP contribution in [-0.2, 0) is 24.0 Å². The Kier molecular flexibility index (Phi) is 14.0. The average molecular weight is 628 g/mol. The van der Waals surface area contributed by atoms with Gasteiger partial charge in [-0.1, -0.05) is 19.1 Å². The van der Waals surface area contributed by atoms with Gasteiger partial charge in [-0.3, -0.25) is 39.0 Å². The molecule has 1 aromatic rings. The van der Waals surface area contributed by atoms with Gasteiger partial charge in [0.15, 0.2) is 6.61 Å². The lowest BCUT2D eigenvalue weighted by molar-refractivity contribution is -0.136. The molecule has 14 nitrogen and oxygen atoms in total. The molecule has 3 N–H and O–H groups in total. The van der Waals surface area contributed by atoms with Gasteiger partial charge < -0.3 is 30.5 Å². The number of hydrogen-bond donors (Lipinski definition) is 3. The molecule has 0 radical (unpaired) electrons. The number of carbonyl (C=O) groups is 6. The van der Waals surface area contributed by atoms with Crippen molar-refractivity contribution in [2.24, 2.45) is 0 Å². The topological polar surface area (TPSA) is 181 Å². The van der Waals surface area contributed by atoms with E-state index in [4.69, 9.17) is 4.74 Å². The van der Waals surface area contributed by atoms with Gasteiger partial charge in [-0.05, 0) is 57.4 Å². The van der Waals surface area contributed by atoms with E-state index in [9.17, 15) is 34.0 Å². The molecule has 45 heavy (non-hydrogen) atoms. The van der Waals surface area contributed by atoms with Crippen LogP contribution in [0.25, 0.3) is 0 Å². The number of nitrogens with zero attached hydrogens (tertiary/aromatic N) is 3. The maximum atomic E-state index is 12.8. The molecule has 1 unspecified atom stereocenters. The number of nitrogens with one attached hydrogen (secondary N) is 3. The Bertz CT molecular complexity index is 1250. The highest BCUT2D eigenvalue weighted by molar-refractivity contribution is 6.04. The zero-order valence-electron chi connectivity index (χ0n) is 25.8. The highest BCUT2D eigenvalue weighted by Gasteiger charge is 2.31. The summed E-state index contributed by atoms with van der Waals surface area (Å²) in [7, 11) is 0. The number of amides is 6. The van der Waals surface area contributed by atoms with Gasteiger partial charge in [0.2, 0.25) is 29.5 Å². The van der Waals surface area contributed by atoms with Crippen LogP contribution in [0.4, 0.5) is 0 Å². The second-order valence-corrected chi connectivity index (χ2v) is 11.0. The fourth-order valence-corrected chi connectivity index (χ4v) is 5.13. The maximum Gasteiger partial charge on any atom is 0.257 e. The Morgan fingerprint density at radius 1 is 1.07 bits per heavy atom. The predicted molar refractivity (Wildman–Crippen MR) is 165 cm³/mol. The lowest BCUT2D eigenvalue weighted by atomic mass is 10.0. The van der Waals surface area contributed by atoms with Crippen molar-refractivity contribution in [1.29, 1.82) is 0 Å². The highest BCUT2D eigenvalue weighted by Crippen LogP contribution is 2.24. The van der Waals surface area contributed by atoms with Crippen LogP contribution in [0.5, 0.6) is 5.75 Å². The molecule has 2 aliphatic rings. The molecule has 2 aliphatic heterocycles. The third-order valence-electron chi connectivity index (χ3n) is 7.82. The van der Waals surface area contributed by atoms with Crippen molar-refractivity contribution in [1.82, 2.24) is 30.8 Å². The molecule has 0 spiro atoms. The van der Waals surface area contributed by atoms with Crippen LogP contribution in [0.2, 0.25) is 0 Å². The van der Waals surface area contributed by atoms with Crippen LogP contribution in [0.1, 0.15) is 60.9 Å². The lowest BCUT2D eigenvalue weighted by Gasteiger charge is -2.37. The normalized spacial score (nSPS) is 16.8. The zero-order chi connectivity index (χ0) is 32.8. The minimum Gasteiger partial charge on any atom is -0.755 e. The van der Waals surface area contributed by atoms with Crippen LogP contribution in [-0.4, -0.2) is 109 Å². The highest BCUT2D eigenvalue weighted by atomic mass is 16.5. The number of rotatable bonds is 16. The van der Waals surface area contributed by atoms with Crippen LogP contribution >= 0.6 is 0 Å². The Morgan fingerprint density at radius 2 is 1.80 bits per heavy atom. The van der Waals surface area contributed by atoms with Crippen molar-refractivity contribution in [3.05, 3.63) is 47.2 Å². The summed E-state index contributed by atoms with van der Waals surface area (Å²) in [4.78, 5) is 76.4. The number of unbranched alkanes of at least 4 members (excludes halogenated alkanes) is 2. The van der Waals surface area contributed by atoms with Gasteiger partial charge in [0.25, 0.3) is 5.91 Å². The van der Waals surface area contributed by atoms with Gasteiger partial charge in [0.1, 0.15) is 11.8 Å². The number of hydroxylamine groups is 2. The van der Waals surface area contributed by atoms with E-state index in [0.717, 1.165) is 38.9 Å². The fourth-order valence-electron chi connectivity index (χ4n) is 5.13. The smallest absolute Gasteiger partial charge is 0.257 e. The van der Waals surface area contributed by atoms with E-state index in [-0.39, 0.29) is 53.5 Å². The van der Waals surface area contributed by atoms with E-state index in [1.165, 1.54) is 18.2 Å². The second-order valence-electron chi connectivity index (χ2n) is 11.0. The van der Waals surface area contributed by atoms with Gasteiger partial charge >= 0.3 is 0 Å². The van der Waals surface area contributed by atoms with Gasteiger partial charge in [0, 0.05) is 63.2 Å². The molecule has 1 aromatic carbocycles. The van der Waals surface area contributed by atoms with Crippen molar-refractivity contribution in [2.75, 3.05) is 52.4 Å². The van der Waals surface area contributed by atoms with Gasteiger partial charge in [-0.25, -0.2) is 0 Å². The minimum atomic E-state index is -1.29.